The largest absolute Gasteiger partial charge is 0.349 e. The molecule has 0 heterocycles. The van der Waals surface area contributed by atoms with E-state index in [1.807, 2.05) is 38.1 Å². The van der Waals surface area contributed by atoms with Crippen LogP contribution in [0.5, 0.6) is 0 Å². The van der Waals surface area contributed by atoms with Gasteiger partial charge in [0, 0.05) is 0 Å². The summed E-state index contributed by atoms with van der Waals surface area (Å²) in [6.07, 6.45) is 0. The molecule has 1 rings (SSSR count). The second kappa shape index (κ2) is 5.21. The number of benzene rings is 1. The number of hydrogen-bond donors (Lipinski definition) is 2. The van der Waals surface area contributed by atoms with E-state index >= 15 is 0 Å². The Kier molecular flexibility index (Phi) is 4.21. The Morgan fingerprint density at radius 2 is 1.93 bits per heavy atom. The van der Waals surface area contributed by atoms with E-state index in [2.05, 4.69) is 17.9 Å². The van der Waals surface area contributed by atoms with Gasteiger partial charge in [-0.05, 0) is 31.9 Å². The molecule has 0 aliphatic carbocycles. The number of rotatable bonds is 3. The SMILES string of the molecule is Cc1ccccc1C(C)NC(=O)C(C)S. The smallest absolute Gasteiger partial charge is 0.233 e. The van der Waals surface area contributed by atoms with Crippen molar-refractivity contribution in [3.63, 3.8) is 0 Å². The van der Waals surface area contributed by atoms with Crippen molar-refractivity contribution in [3.8, 4) is 0 Å². The average molecular weight is 223 g/mol. The summed E-state index contributed by atoms with van der Waals surface area (Å²) in [6, 6.07) is 8.09. The van der Waals surface area contributed by atoms with Gasteiger partial charge in [0.05, 0.1) is 11.3 Å². The first-order valence-corrected chi connectivity index (χ1v) is 5.58. The summed E-state index contributed by atoms with van der Waals surface area (Å²) in [5.74, 6) is -0.0333. The molecule has 1 aromatic carbocycles. The van der Waals surface area contributed by atoms with Crippen LogP contribution in [0.25, 0.3) is 0 Å². The monoisotopic (exact) mass is 223 g/mol. The van der Waals surface area contributed by atoms with Gasteiger partial charge in [0.1, 0.15) is 0 Å². The van der Waals surface area contributed by atoms with E-state index in [0.717, 1.165) is 5.56 Å². The van der Waals surface area contributed by atoms with Crippen LogP contribution >= 0.6 is 12.6 Å². The Hall–Kier alpha value is -0.960. The first-order chi connectivity index (χ1) is 7.02. The summed E-state index contributed by atoms with van der Waals surface area (Å²) in [4.78, 5) is 11.5. The molecule has 2 atom stereocenters. The summed E-state index contributed by atoms with van der Waals surface area (Å²) >= 11 is 4.09. The van der Waals surface area contributed by atoms with Gasteiger partial charge in [-0.15, -0.1) is 0 Å². The maximum absolute atomic E-state index is 11.5. The second-order valence-electron chi connectivity index (χ2n) is 3.76. The quantitative estimate of drug-likeness (QED) is 0.757. The van der Waals surface area contributed by atoms with Crippen LogP contribution < -0.4 is 5.32 Å². The highest BCUT2D eigenvalue weighted by atomic mass is 32.1. The molecular weight excluding hydrogens is 206 g/mol. The maximum atomic E-state index is 11.5. The van der Waals surface area contributed by atoms with Crippen LogP contribution in [0.3, 0.4) is 0 Å². The van der Waals surface area contributed by atoms with Crippen LogP contribution in [0.2, 0.25) is 0 Å². The third kappa shape index (κ3) is 3.27. The molecule has 15 heavy (non-hydrogen) atoms. The summed E-state index contributed by atoms with van der Waals surface area (Å²) < 4.78 is 0. The van der Waals surface area contributed by atoms with Gasteiger partial charge < -0.3 is 5.32 Å². The fourth-order valence-electron chi connectivity index (χ4n) is 1.48. The van der Waals surface area contributed by atoms with E-state index in [-0.39, 0.29) is 17.2 Å². The van der Waals surface area contributed by atoms with Crippen molar-refractivity contribution in [2.24, 2.45) is 0 Å². The minimum absolute atomic E-state index is 0.0333. The molecule has 0 aliphatic rings. The first kappa shape index (κ1) is 12.1. The average Bonchev–Trinajstić information content (AvgIpc) is 2.18. The van der Waals surface area contributed by atoms with Crippen molar-refractivity contribution in [3.05, 3.63) is 35.4 Å². The molecule has 0 spiro atoms. The Morgan fingerprint density at radius 3 is 2.47 bits per heavy atom. The molecule has 0 saturated carbocycles. The minimum atomic E-state index is -0.267. The molecule has 1 N–H and O–H groups in total. The van der Waals surface area contributed by atoms with E-state index < -0.39 is 0 Å². The molecule has 3 heteroatoms. The van der Waals surface area contributed by atoms with Crippen LogP contribution in [0.1, 0.15) is 31.0 Å². The number of nitrogens with one attached hydrogen (secondary N) is 1. The van der Waals surface area contributed by atoms with Gasteiger partial charge in [0.15, 0.2) is 0 Å². The fourth-order valence-corrected chi connectivity index (χ4v) is 1.56. The molecule has 1 amide bonds. The van der Waals surface area contributed by atoms with E-state index in [9.17, 15) is 4.79 Å². The van der Waals surface area contributed by atoms with E-state index in [4.69, 9.17) is 0 Å². The molecule has 0 radical (unpaired) electrons. The van der Waals surface area contributed by atoms with Crippen molar-refractivity contribution in [1.29, 1.82) is 0 Å². The molecule has 82 valence electrons. The number of amides is 1. The minimum Gasteiger partial charge on any atom is -0.349 e. The van der Waals surface area contributed by atoms with Crippen LogP contribution in [-0.2, 0) is 4.79 Å². The highest BCUT2D eigenvalue weighted by Crippen LogP contribution is 2.16. The Balaban J connectivity index is 2.73. The van der Waals surface area contributed by atoms with Crippen LogP contribution in [0, 0.1) is 6.92 Å². The lowest BCUT2D eigenvalue weighted by molar-refractivity contribution is -0.120. The zero-order chi connectivity index (χ0) is 11.4. The zero-order valence-corrected chi connectivity index (χ0v) is 10.2. The number of thiol groups is 1. The Labute approximate surface area is 96.5 Å². The Morgan fingerprint density at radius 1 is 1.33 bits per heavy atom. The number of hydrogen-bond acceptors (Lipinski definition) is 2. The third-order valence-corrected chi connectivity index (χ3v) is 2.63. The van der Waals surface area contributed by atoms with Gasteiger partial charge >= 0.3 is 0 Å². The lowest BCUT2D eigenvalue weighted by Gasteiger charge is -2.17. The predicted molar refractivity (Wildman–Crippen MR) is 66.2 cm³/mol. The molecule has 0 fully saturated rings. The molecule has 0 aliphatic heterocycles. The summed E-state index contributed by atoms with van der Waals surface area (Å²) in [5, 5.41) is 2.65. The van der Waals surface area contributed by atoms with E-state index in [1.165, 1.54) is 5.56 Å². The summed E-state index contributed by atoms with van der Waals surface area (Å²) in [7, 11) is 0. The predicted octanol–water partition coefficient (Wildman–Crippen LogP) is 2.49. The highest BCUT2D eigenvalue weighted by molar-refractivity contribution is 7.81. The molecular formula is C12H17NOS. The van der Waals surface area contributed by atoms with Gasteiger partial charge in [-0.3, -0.25) is 4.79 Å². The van der Waals surface area contributed by atoms with Crippen LogP contribution in [-0.4, -0.2) is 11.2 Å². The van der Waals surface area contributed by atoms with Crippen LogP contribution in [0.4, 0.5) is 0 Å². The van der Waals surface area contributed by atoms with Crippen molar-refractivity contribution >= 4 is 18.5 Å². The van der Waals surface area contributed by atoms with Crippen LogP contribution in [0.15, 0.2) is 24.3 Å². The normalized spacial score (nSPS) is 14.4. The lowest BCUT2D eigenvalue weighted by Crippen LogP contribution is -2.32. The standard InChI is InChI=1S/C12H17NOS/c1-8-6-4-5-7-11(8)9(2)13-12(14)10(3)15/h4-7,9-10,15H,1-3H3,(H,13,14). The van der Waals surface area contributed by atoms with Crippen molar-refractivity contribution in [2.45, 2.75) is 32.1 Å². The van der Waals surface area contributed by atoms with Gasteiger partial charge in [0.2, 0.25) is 5.91 Å². The van der Waals surface area contributed by atoms with Crippen molar-refractivity contribution in [1.82, 2.24) is 5.32 Å². The zero-order valence-electron chi connectivity index (χ0n) is 9.32. The topological polar surface area (TPSA) is 29.1 Å². The fraction of sp³-hybridized carbons (Fsp3) is 0.417. The molecule has 2 unspecified atom stereocenters. The van der Waals surface area contributed by atoms with E-state index in [0.29, 0.717) is 0 Å². The maximum Gasteiger partial charge on any atom is 0.233 e. The second-order valence-corrected chi connectivity index (χ2v) is 4.54. The van der Waals surface area contributed by atoms with E-state index in [1.54, 1.807) is 6.92 Å². The molecule has 2 nitrogen and oxygen atoms in total. The number of aryl methyl sites for hydroxylation is 1. The number of carbonyl (C=O) groups excluding carboxylic acids is 1. The first-order valence-electron chi connectivity index (χ1n) is 5.06. The number of carbonyl (C=O) groups is 1. The molecule has 1 aromatic rings. The molecule has 0 bridgehead atoms. The summed E-state index contributed by atoms with van der Waals surface area (Å²) in [6.45, 7) is 5.79. The third-order valence-electron chi connectivity index (χ3n) is 2.39. The van der Waals surface area contributed by atoms with Gasteiger partial charge in [-0.1, -0.05) is 24.3 Å². The molecule has 0 saturated heterocycles. The Bertz CT molecular complexity index is 349. The van der Waals surface area contributed by atoms with Crippen molar-refractivity contribution in [2.75, 3.05) is 0 Å². The van der Waals surface area contributed by atoms with Gasteiger partial charge in [0.25, 0.3) is 0 Å². The van der Waals surface area contributed by atoms with Crippen molar-refractivity contribution < 1.29 is 4.79 Å². The summed E-state index contributed by atoms with van der Waals surface area (Å²) in [5.41, 5.74) is 2.34. The molecule has 0 aromatic heterocycles. The lowest BCUT2D eigenvalue weighted by atomic mass is 10.0. The van der Waals surface area contributed by atoms with Gasteiger partial charge in [-0.2, -0.15) is 12.6 Å². The highest BCUT2D eigenvalue weighted by Gasteiger charge is 2.13. The van der Waals surface area contributed by atoms with Gasteiger partial charge in [-0.25, -0.2) is 0 Å².